The number of rotatable bonds is 4. The molecule has 0 aliphatic rings. The van der Waals surface area contributed by atoms with Crippen LogP contribution in [0.1, 0.15) is 12.5 Å². The summed E-state index contributed by atoms with van der Waals surface area (Å²) in [5.41, 5.74) is 7.36. The summed E-state index contributed by atoms with van der Waals surface area (Å²) >= 11 is 0. The highest BCUT2D eigenvalue weighted by Crippen LogP contribution is 2.17. The van der Waals surface area contributed by atoms with E-state index in [1.54, 1.807) is 18.4 Å². The highest BCUT2D eigenvalue weighted by molar-refractivity contribution is 7.84. The van der Waals surface area contributed by atoms with Gasteiger partial charge in [-0.25, -0.2) is 0 Å². The lowest BCUT2D eigenvalue weighted by Gasteiger charge is -2.14. The molecule has 0 saturated carbocycles. The van der Waals surface area contributed by atoms with Crippen LogP contribution in [0.3, 0.4) is 0 Å². The fourth-order valence-electron chi connectivity index (χ4n) is 1.42. The van der Waals surface area contributed by atoms with Crippen LogP contribution in [0.5, 0.6) is 0 Å². The molecular weight excluding hydrogens is 222 g/mol. The van der Waals surface area contributed by atoms with Crippen molar-refractivity contribution in [2.45, 2.75) is 13.0 Å². The van der Waals surface area contributed by atoms with E-state index in [1.807, 2.05) is 19.1 Å². The number of anilines is 2. The van der Waals surface area contributed by atoms with Crippen molar-refractivity contribution in [2.24, 2.45) is 0 Å². The first-order chi connectivity index (χ1) is 7.52. The van der Waals surface area contributed by atoms with Gasteiger partial charge in [0.1, 0.15) is 6.07 Å². The van der Waals surface area contributed by atoms with Crippen molar-refractivity contribution < 1.29 is 4.21 Å². The van der Waals surface area contributed by atoms with Crippen LogP contribution in [-0.2, 0) is 10.8 Å². The minimum atomic E-state index is -0.833. The maximum absolute atomic E-state index is 11.0. The zero-order valence-electron chi connectivity index (χ0n) is 9.36. The second kappa shape index (κ2) is 5.52. The standard InChI is InChI=1S/C11H15N3OS/c1-8(7-16(2)15)14-10-3-4-11(13)9(5-10)6-12/h3-5,8,14H,7,13H2,1-2H3. The molecule has 0 bridgehead atoms. The van der Waals surface area contributed by atoms with E-state index in [2.05, 4.69) is 5.32 Å². The van der Waals surface area contributed by atoms with Crippen molar-refractivity contribution in [3.8, 4) is 6.07 Å². The van der Waals surface area contributed by atoms with Crippen LogP contribution in [0.15, 0.2) is 18.2 Å². The van der Waals surface area contributed by atoms with Crippen molar-refractivity contribution in [3.63, 3.8) is 0 Å². The normalized spacial score (nSPS) is 13.8. The summed E-state index contributed by atoms with van der Waals surface area (Å²) in [4.78, 5) is 0. The molecule has 0 amide bonds. The zero-order chi connectivity index (χ0) is 12.1. The Bertz CT molecular complexity index is 439. The molecule has 1 aromatic carbocycles. The molecule has 0 radical (unpaired) electrons. The fraction of sp³-hybridized carbons (Fsp3) is 0.364. The average molecular weight is 237 g/mol. The third-order valence-electron chi connectivity index (χ3n) is 2.07. The molecule has 3 N–H and O–H groups in total. The number of nitrogens with one attached hydrogen (secondary N) is 1. The van der Waals surface area contributed by atoms with Crippen molar-refractivity contribution in [3.05, 3.63) is 23.8 Å². The van der Waals surface area contributed by atoms with Gasteiger partial charge in [0.15, 0.2) is 0 Å². The Morgan fingerprint density at radius 2 is 2.31 bits per heavy atom. The van der Waals surface area contributed by atoms with E-state index in [0.29, 0.717) is 17.0 Å². The van der Waals surface area contributed by atoms with E-state index in [0.717, 1.165) is 5.69 Å². The molecule has 1 rings (SSSR count). The van der Waals surface area contributed by atoms with Gasteiger partial charge in [0.05, 0.1) is 5.56 Å². The van der Waals surface area contributed by atoms with Gasteiger partial charge in [-0.05, 0) is 25.1 Å². The van der Waals surface area contributed by atoms with Crippen LogP contribution < -0.4 is 11.1 Å². The number of hydrogen-bond donors (Lipinski definition) is 2. The Morgan fingerprint density at radius 3 is 2.88 bits per heavy atom. The Hall–Kier alpha value is -1.54. The molecule has 0 aromatic heterocycles. The molecule has 0 aliphatic carbocycles. The first-order valence-electron chi connectivity index (χ1n) is 4.89. The molecule has 2 atom stereocenters. The molecule has 1 aromatic rings. The SMILES string of the molecule is CC(CS(C)=O)Nc1ccc(N)c(C#N)c1. The molecule has 0 heterocycles. The summed E-state index contributed by atoms with van der Waals surface area (Å²) in [6.07, 6.45) is 1.67. The minimum Gasteiger partial charge on any atom is -0.398 e. The van der Waals surface area contributed by atoms with Gasteiger partial charge in [0.2, 0.25) is 0 Å². The van der Waals surface area contributed by atoms with Crippen LogP contribution in [0.2, 0.25) is 0 Å². The molecule has 4 nitrogen and oxygen atoms in total. The van der Waals surface area contributed by atoms with Gasteiger partial charge in [-0.1, -0.05) is 0 Å². The molecule has 86 valence electrons. The van der Waals surface area contributed by atoms with Crippen molar-refractivity contribution >= 4 is 22.2 Å². The maximum Gasteiger partial charge on any atom is 0.101 e. The summed E-state index contributed by atoms with van der Waals surface area (Å²) in [5.74, 6) is 0.576. The van der Waals surface area contributed by atoms with E-state index in [4.69, 9.17) is 11.0 Å². The van der Waals surface area contributed by atoms with Gasteiger partial charge < -0.3 is 11.1 Å². The quantitative estimate of drug-likeness (QED) is 0.774. The lowest BCUT2D eigenvalue weighted by molar-refractivity contribution is 0.683. The average Bonchev–Trinajstić information content (AvgIpc) is 2.19. The maximum atomic E-state index is 11.0. The Labute approximate surface area is 97.9 Å². The summed E-state index contributed by atoms with van der Waals surface area (Å²) in [7, 11) is -0.833. The Kier molecular flexibility index (Phi) is 4.32. The summed E-state index contributed by atoms with van der Waals surface area (Å²) in [6.45, 7) is 1.95. The van der Waals surface area contributed by atoms with E-state index in [9.17, 15) is 4.21 Å². The van der Waals surface area contributed by atoms with E-state index >= 15 is 0 Å². The number of nitrogens with zero attached hydrogens (tertiary/aromatic N) is 1. The Morgan fingerprint density at radius 1 is 1.62 bits per heavy atom. The van der Waals surface area contributed by atoms with E-state index in [1.165, 1.54) is 0 Å². The summed E-state index contributed by atoms with van der Waals surface area (Å²) in [5, 5.41) is 12.0. The molecule has 0 aliphatic heterocycles. The summed E-state index contributed by atoms with van der Waals surface area (Å²) in [6, 6.07) is 7.32. The number of nitriles is 1. The van der Waals surface area contributed by atoms with Gasteiger partial charge in [-0.3, -0.25) is 4.21 Å². The van der Waals surface area contributed by atoms with Crippen molar-refractivity contribution in [2.75, 3.05) is 23.1 Å². The second-order valence-corrected chi connectivity index (χ2v) is 5.18. The zero-order valence-corrected chi connectivity index (χ0v) is 10.2. The number of benzene rings is 1. The minimum absolute atomic E-state index is 0.0981. The van der Waals surface area contributed by atoms with Crippen molar-refractivity contribution in [1.29, 1.82) is 5.26 Å². The lowest BCUT2D eigenvalue weighted by atomic mass is 10.1. The predicted octanol–water partition coefficient (Wildman–Crippen LogP) is 1.32. The monoisotopic (exact) mass is 237 g/mol. The number of hydrogen-bond acceptors (Lipinski definition) is 4. The molecular formula is C11H15N3OS. The first kappa shape index (κ1) is 12.5. The van der Waals surface area contributed by atoms with Gasteiger partial charge in [-0.2, -0.15) is 5.26 Å². The summed E-state index contributed by atoms with van der Waals surface area (Å²) < 4.78 is 11.0. The van der Waals surface area contributed by atoms with E-state index < -0.39 is 10.8 Å². The molecule has 0 spiro atoms. The van der Waals surface area contributed by atoms with Crippen LogP contribution in [0.4, 0.5) is 11.4 Å². The molecule has 0 saturated heterocycles. The van der Waals surface area contributed by atoms with Crippen LogP contribution in [0, 0.1) is 11.3 Å². The third kappa shape index (κ3) is 3.55. The Balaban J connectivity index is 2.75. The largest absolute Gasteiger partial charge is 0.398 e. The van der Waals surface area contributed by atoms with Gasteiger partial charge in [0, 0.05) is 40.2 Å². The lowest BCUT2D eigenvalue weighted by Crippen LogP contribution is -2.22. The first-order valence-corrected chi connectivity index (χ1v) is 6.62. The molecule has 16 heavy (non-hydrogen) atoms. The van der Waals surface area contributed by atoms with Gasteiger partial charge >= 0.3 is 0 Å². The highest BCUT2D eigenvalue weighted by atomic mass is 32.2. The number of nitrogen functional groups attached to an aromatic ring is 1. The van der Waals surface area contributed by atoms with Crippen LogP contribution in [0.25, 0.3) is 0 Å². The smallest absolute Gasteiger partial charge is 0.101 e. The predicted molar refractivity (Wildman–Crippen MR) is 67.6 cm³/mol. The molecule has 2 unspecified atom stereocenters. The molecule has 5 heteroatoms. The van der Waals surface area contributed by atoms with Crippen molar-refractivity contribution in [1.82, 2.24) is 0 Å². The van der Waals surface area contributed by atoms with E-state index in [-0.39, 0.29) is 6.04 Å². The van der Waals surface area contributed by atoms with Crippen LogP contribution >= 0.6 is 0 Å². The molecule has 0 fully saturated rings. The fourth-order valence-corrected chi connectivity index (χ4v) is 2.21. The second-order valence-electron chi connectivity index (χ2n) is 3.70. The number of nitrogens with two attached hydrogens (primary N) is 1. The highest BCUT2D eigenvalue weighted by Gasteiger charge is 2.05. The third-order valence-corrected chi connectivity index (χ3v) is 3.04. The van der Waals surface area contributed by atoms with Gasteiger partial charge in [-0.15, -0.1) is 0 Å². The van der Waals surface area contributed by atoms with Gasteiger partial charge in [0.25, 0.3) is 0 Å². The topological polar surface area (TPSA) is 78.9 Å². The van der Waals surface area contributed by atoms with Crippen LogP contribution in [-0.4, -0.2) is 22.3 Å².